The van der Waals surface area contributed by atoms with Crippen molar-refractivity contribution in [3.05, 3.63) is 0 Å². The molecule has 0 unspecified atom stereocenters. The molecule has 0 aliphatic rings. The first kappa shape index (κ1) is 11.5. The van der Waals surface area contributed by atoms with E-state index in [1.807, 2.05) is 0 Å². The largest absolute Gasteiger partial charge is 0.416 e. The third-order valence-corrected chi connectivity index (χ3v) is 7.08. The third kappa shape index (κ3) is 3.63. The van der Waals surface area contributed by atoms with Crippen LogP contribution in [0.15, 0.2) is 0 Å². The second kappa shape index (κ2) is 3.96. The highest BCUT2D eigenvalue weighted by Gasteiger charge is 2.36. The first-order valence-corrected chi connectivity index (χ1v) is 7.60. The molecule has 0 aliphatic heterocycles. The van der Waals surface area contributed by atoms with Gasteiger partial charge in [0.25, 0.3) is 0 Å². The van der Waals surface area contributed by atoms with Crippen molar-refractivity contribution < 1.29 is 4.43 Å². The molecule has 0 N–H and O–H groups in total. The van der Waals surface area contributed by atoms with Crippen LogP contribution < -0.4 is 0 Å². The smallest absolute Gasteiger partial charge is 0.192 e. The van der Waals surface area contributed by atoms with E-state index < -0.39 is 8.32 Å². The van der Waals surface area contributed by atoms with Crippen LogP contribution in [0.3, 0.4) is 0 Å². The predicted molar refractivity (Wildman–Crippen MR) is 57.0 cm³/mol. The highest BCUT2D eigenvalue weighted by molar-refractivity contribution is 7.80. The Kier molecular flexibility index (Phi) is 4.15. The van der Waals surface area contributed by atoms with Gasteiger partial charge in [0.15, 0.2) is 8.32 Å². The van der Waals surface area contributed by atoms with Gasteiger partial charge < -0.3 is 4.43 Å². The fraction of sp³-hybridized carbons (Fsp3) is 1.00. The van der Waals surface area contributed by atoms with Crippen LogP contribution in [0, 0.1) is 0 Å². The van der Waals surface area contributed by atoms with Gasteiger partial charge >= 0.3 is 0 Å². The van der Waals surface area contributed by atoms with E-state index in [1.54, 1.807) is 0 Å². The molecule has 1 nitrogen and oxygen atoms in total. The Labute approximate surface area is 77.1 Å². The molecule has 0 aromatic heterocycles. The summed E-state index contributed by atoms with van der Waals surface area (Å²) >= 11 is 4.13. The normalized spacial score (nSPS) is 13.6. The van der Waals surface area contributed by atoms with Gasteiger partial charge in [-0.1, -0.05) is 20.8 Å². The average molecular weight is 192 g/mol. The fourth-order valence-electron chi connectivity index (χ4n) is 0.517. The summed E-state index contributed by atoms with van der Waals surface area (Å²) in [7, 11) is -1.47. The molecular weight excluding hydrogens is 172 g/mol. The van der Waals surface area contributed by atoms with Gasteiger partial charge in [-0.15, -0.1) is 0 Å². The SMILES string of the molecule is CC(C)(C)[Si](C)(C)OCCS. The highest BCUT2D eigenvalue weighted by Crippen LogP contribution is 2.36. The summed E-state index contributed by atoms with van der Waals surface area (Å²) in [5.74, 6) is 0.826. The van der Waals surface area contributed by atoms with E-state index >= 15 is 0 Å². The second-order valence-electron chi connectivity index (χ2n) is 4.33. The van der Waals surface area contributed by atoms with E-state index in [1.165, 1.54) is 0 Å². The van der Waals surface area contributed by atoms with Crippen molar-refractivity contribution in [2.24, 2.45) is 0 Å². The second-order valence-corrected chi connectivity index (χ2v) is 9.59. The summed E-state index contributed by atoms with van der Waals surface area (Å²) in [6.07, 6.45) is 0. The lowest BCUT2D eigenvalue weighted by atomic mass is 10.2. The van der Waals surface area contributed by atoms with Gasteiger partial charge in [-0.25, -0.2) is 0 Å². The van der Waals surface area contributed by atoms with Crippen LogP contribution in [0.25, 0.3) is 0 Å². The molecule has 0 fully saturated rings. The Morgan fingerprint density at radius 1 is 1.27 bits per heavy atom. The summed E-state index contributed by atoms with van der Waals surface area (Å²) in [4.78, 5) is 0. The minimum absolute atomic E-state index is 0.329. The molecule has 0 amide bonds. The highest BCUT2D eigenvalue weighted by atomic mass is 32.1. The molecule has 0 bridgehead atoms. The first-order chi connectivity index (χ1) is 4.81. The monoisotopic (exact) mass is 192 g/mol. The fourth-order valence-corrected chi connectivity index (χ4v) is 1.83. The van der Waals surface area contributed by atoms with E-state index in [4.69, 9.17) is 4.43 Å². The van der Waals surface area contributed by atoms with Crippen molar-refractivity contribution in [3.8, 4) is 0 Å². The Bertz CT molecular complexity index is 118. The van der Waals surface area contributed by atoms with Gasteiger partial charge in [-0.3, -0.25) is 0 Å². The van der Waals surface area contributed by atoms with E-state index in [2.05, 4.69) is 46.5 Å². The molecule has 3 heteroatoms. The molecule has 0 rings (SSSR count). The van der Waals surface area contributed by atoms with Crippen molar-refractivity contribution >= 4 is 20.9 Å². The van der Waals surface area contributed by atoms with Crippen LogP contribution >= 0.6 is 12.6 Å². The molecule has 0 saturated carbocycles. The third-order valence-electron chi connectivity index (χ3n) is 2.36. The summed E-state index contributed by atoms with van der Waals surface area (Å²) in [6, 6.07) is 0. The lowest BCUT2D eigenvalue weighted by Gasteiger charge is -2.35. The Balaban J connectivity index is 4.00. The first-order valence-electron chi connectivity index (χ1n) is 4.06. The molecule has 0 spiro atoms. The van der Waals surface area contributed by atoms with Crippen LogP contribution in [0.2, 0.25) is 18.1 Å². The van der Waals surface area contributed by atoms with Gasteiger partial charge in [0, 0.05) is 12.4 Å². The summed E-state index contributed by atoms with van der Waals surface area (Å²) in [5.41, 5.74) is 0. The molecule has 0 aromatic rings. The quantitative estimate of drug-likeness (QED) is 0.534. The van der Waals surface area contributed by atoms with E-state index in [0.29, 0.717) is 5.04 Å². The number of hydrogen-bond acceptors (Lipinski definition) is 2. The maximum atomic E-state index is 5.81. The van der Waals surface area contributed by atoms with Gasteiger partial charge in [0.05, 0.1) is 0 Å². The van der Waals surface area contributed by atoms with Crippen LogP contribution in [-0.4, -0.2) is 20.7 Å². The van der Waals surface area contributed by atoms with Gasteiger partial charge in [-0.2, -0.15) is 12.6 Å². The standard InChI is InChI=1S/C8H20OSSi/c1-8(2,3)11(4,5)9-6-7-10/h10H,6-7H2,1-5H3. The zero-order valence-corrected chi connectivity index (χ0v) is 10.2. The number of hydrogen-bond donors (Lipinski definition) is 1. The number of thiol groups is 1. The molecule has 0 saturated heterocycles. The van der Waals surface area contributed by atoms with Crippen LogP contribution in [0.5, 0.6) is 0 Å². The van der Waals surface area contributed by atoms with Crippen molar-refractivity contribution in [2.45, 2.75) is 38.9 Å². The Morgan fingerprint density at radius 2 is 1.73 bits per heavy atom. The molecule has 11 heavy (non-hydrogen) atoms. The summed E-state index contributed by atoms with van der Waals surface area (Å²) in [5, 5.41) is 0.329. The molecule has 0 atom stereocenters. The zero-order chi connectivity index (χ0) is 9.12. The molecule has 0 aromatic carbocycles. The maximum absolute atomic E-state index is 5.81. The van der Waals surface area contributed by atoms with Crippen molar-refractivity contribution in [1.82, 2.24) is 0 Å². The van der Waals surface area contributed by atoms with Crippen LogP contribution in [0.1, 0.15) is 20.8 Å². The van der Waals surface area contributed by atoms with Crippen molar-refractivity contribution in [1.29, 1.82) is 0 Å². The minimum Gasteiger partial charge on any atom is -0.416 e. The van der Waals surface area contributed by atoms with Crippen molar-refractivity contribution in [2.75, 3.05) is 12.4 Å². The molecule has 0 aliphatic carbocycles. The molecule has 0 heterocycles. The Morgan fingerprint density at radius 3 is 2.00 bits per heavy atom. The van der Waals surface area contributed by atoms with Crippen LogP contribution in [-0.2, 0) is 4.43 Å². The molecule has 68 valence electrons. The maximum Gasteiger partial charge on any atom is 0.192 e. The van der Waals surface area contributed by atoms with Gasteiger partial charge in [0.1, 0.15) is 0 Å². The number of rotatable bonds is 3. The van der Waals surface area contributed by atoms with E-state index in [0.717, 1.165) is 12.4 Å². The lowest BCUT2D eigenvalue weighted by molar-refractivity contribution is 0.311. The van der Waals surface area contributed by atoms with Gasteiger partial charge in [0.2, 0.25) is 0 Å². The van der Waals surface area contributed by atoms with Crippen LogP contribution in [0.4, 0.5) is 0 Å². The molecular formula is C8H20OSSi. The van der Waals surface area contributed by atoms with E-state index in [9.17, 15) is 0 Å². The van der Waals surface area contributed by atoms with Gasteiger partial charge in [-0.05, 0) is 18.1 Å². The van der Waals surface area contributed by atoms with E-state index in [-0.39, 0.29) is 0 Å². The zero-order valence-electron chi connectivity index (χ0n) is 8.27. The topological polar surface area (TPSA) is 9.23 Å². The molecule has 0 radical (unpaired) electrons. The minimum atomic E-state index is -1.47. The predicted octanol–water partition coefficient (Wildman–Crippen LogP) is 2.94. The summed E-state index contributed by atoms with van der Waals surface area (Å²) in [6.45, 7) is 12.1. The summed E-state index contributed by atoms with van der Waals surface area (Å²) < 4.78 is 5.81. The Hall–Kier alpha value is 0.527. The lowest BCUT2D eigenvalue weighted by Crippen LogP contribution is -2.41. The van der Waals surface area contributed by atoms with Crippen molar-refractivity contribution in [3.63, 3.8) is 0 Å². The average Bonchev–Trinajstić information content (AvgIpc) is 1.81.